The van der Waals surface area contributed by atoms with Gasteiger partial charge in [-0.1, -0.05) is 28.1 Å². The quantitative estimate of drug-likeness (QED) is 0.857. The summed E-state index contributed by atoms with van der Waals surface area (Å²) in [4.78, 5) is 12.0. The van der Waals surface area contributed by atoms with Crippen LogP contribution in [0.2, 0.25) is 0 Å². The lowest BCUT2D eigenvalue weighted by molar-refractivity contribution is 0.102. The molecule has 20 heavy (non-hydrogen) atoms. The van der Waals surface area contributed by atoms with E-state index in [9.17, 15) is 9.18 Å². The molecule has 0 spiro atoms. The number of carbonyl (C=O) groups excluding carboxylic acids is 1. The second-order valence-electron chi connectivity index (χ2n) is 4.14. The molecule has 0 bridgehead atoms. The summed E-state index contributed by atoms with van der Waals surface area (Å²) in [5.74, 6) is -0.810. The van der Waals surface area contributed by atoms with Gasteiger partial charge in [0, 0.05) is 16.6 Å². The van der Waals surface area contributed by atoms with Crippen LogP contribution in [0.25, 0.3) is 0 Å². The molecule has 2 aromatic rings. The van der Waals surface area contributed by atoms with Crippen LogP contribution < -0.4 is 10.1 Å². The number of hydrogen-bond acceptors (Lipinski definition) is 2. The van der Waals surface area contributed by atoms with Crippen LogP contribution in [0, 0.1) is 5.82 Å². The van der Waals surface area contributed by atoms with Crippen LogP contribution in [0.3, 0.4) is 0 Å². The summed E-state index contributed by atoms with van der Waals surface area (Å²) < 4.78 is 18.4. The predicted molar refractivity (Wildman–Crippen MR) is 80.0 cm³/mol. The van der Waals surface area contributed by atoms with E-state index in [2.05, 4.69) is 21.2 Å². The van der Waals surface area contributed by atoms with Crippen LogP contribution in [0.4, 0.5) is 10.1 Å². The van der Waals surface area contributed by atoms with Gasteiger partial charge in [0.25, 0.3) is 5.91 Å². The molecule has 0 fully saturated rings. The lowest BCUT2D eigenvalue weighted by Crippen LogP contribution is -2.12. The first kappa shape index (κ1) is 14.5. The Balaban J connectivity index is 2.17. The van der Waals surface area contributed by atoms with Crippen molar-refractivity contribution in [3.8, 4) is 5.75 Å². The fourth-order valence-electron chi connectivity index (χ4n) is 1.74. The molecule has 2 aromatic carbocycles. The monoisotopic (exact) mass is 337 g/mol. The molecule has 1 amide bonds. The van der Waals surface area contributed by atoms with Crippen molar-refractivity contribution in [2.75, 3.05) is 12.4 Å². The van der Waals surface area contributed by atoms with Crippen LogP contribution in [-0.4, -0.2) is 13.0 Å². The zero-order valence-electron chi connectivity index (χ0n) is 10.8. The number of benzene rings is 2. The Bertz CT molecular complexity index is 631. The number of alkyl halides is 1. The van der Waals surface area contributed by atoms with E-state index in [1.807, 2.05) is 18.2 Å². The summed E-state index contributed by atoms with van der Waals surface area (Å²) in [6.45, 7) is 0. The van der Waals surface area contributed by atoms with Gasteiger partial charge in [0.2, 0.25) is 0 Å². The van der Waals surface area contributed by atoms with Gasteiger partial charge < -0.3 is 10.1 Å². The van der Waals surface area contributed by atoms with Gasteiger partial charge in [-0.05, 0) is 35.9 Å². The molecular weight excluding hydrogens is 325 g/mol. The normalized spacial score (nSPS) is 10.2. The first-order chi connectivity index (χ1) is 9.63. The largest absolute Gasteiger partial charge is 0.494 e. The molecule has 0 aromatic heterocycles. The van der Waals surface area contributed by atoms with E-state index in [0.717, 1.165) is 11.6 Å². The first-order valence-corrected chi connectivity index (χ1v) is 7.06. The third kappa shape index (κ3) is 3.36. The Labute approximate surface area is 124 Å². The van der Waals surface area contributed by atoms with E-state index in [1.165, 1.54) is 19.2 Å². The first-order valence-electron chi connectivity index (χ1n) is 5.94. The Morgan fingerprint density at radius 3 is 2.75 bits per heavy atom. The molecule has 2 rings (SSSR count). The summed E-state index contributed by atoms with van der Waals surface area (Å²) in [7, 11) is 1.38. The van der Waals surface area contributed by atoms with Crippen LogP contribution in [0.15, 0.2) is 42.5 Å². The Morgan fingerprint density at radius 2 is 2.10 bits per heavy atom. The molecule has 0 saturated heterocycles. The average molecular weight is 338 g/mol. The molecule has 3 nitrogen and oxygen atoms in total. The van der Waals surface area contributed by atoms with Gasteiger partial charge in [0.1, 0.15) is 0 Å². The fraction of sp³-hybridized carbons (Fsp3) is 0.133. The molecule has 0 aliphatic carbocycles. The predicted octanol–water partition coefficient (Wildman–Crippen LogP) is 3.98. The van der Waals surface area contributed by atoms with Gasteiger partial charge in [-0.25, -0.2) is 4.39 Å². The Morgan fingerprint density at radius 1 is 1.30 bits per heavy atom. The molecule has 1 N–H and O–H groups in total. The van der Waals surface area contributed by atoms with Crippen LogP contribution in [-0.2, 0) is 5.33 Å². The van der Waals surface area contributed by atoms with Gasteiger partial charge in [-0.3, -0.25) is 4.79 Å². The van der Waals surface area contributed by atoms with Gasteiger partial charge >= 0.3 is 0 Å². The number of anilines is 1. The van der Waals surface area contributed by atoms with Crippen LogP contribution in [0.1, 0.15) is 15.9 Å². The molecule has 104 valence electrons. The summed E-state index contributed by atoms with van der Waals surface area (Å²) in [5, 5.41) is 3.43. The van der Waals surface area contributed by atoms with E-state index >= 15 is 0 Å². The van der Waals surface area contributed by atoms with Crippen molar-refractivity contribution < 1.29 is 13.9 Å². The Hall–Kier alpha value is -1.88. The van der Waals surface area contributed by atoms with Crippen molar-refractivity contribution in [3.63, 3.8) is 0 Å². The average Bonchev–Trinajstić information content (AvgIpc) is 2.47. The second kappa shape index (κ2) is 6.52. The SMILES string of the molecule is COc1ccc(C(=O)Nc2cccc(CBr)c2)cc1F. The number of carbonyl (C=O) groups is 1. The molecule has 0 saturated carbocycles. The lowest BCUT2D eigenvalue weighted by Gasteiger charge is -2.08. The van der Waals surface area contributed by atoms with Gasteiger partial charge in [0.15, 0.2) is 11.6 Å². The minimum atomic E-state index is -0.561. The van der Waals surface area contributed by atoms with Gasteiger partial charge in [0.05, 0.1) is 7.11 Å². The zero-order valence-corrected chi connectivity index (χ0v) is 12.4. The number of nitrogens with one attached hydrogen (secondary N) is 1. The molecule has 0 atom stereocenters. The maximum atomic E-state index is 13.6. The number of methoxy groups -OCH3 is 1. The van der Waals surface area contributed by atoms with E-state index in [1.54, 1.807) is 6.07 Å². The van der Waals surface area contributed by atoms with Crippen molar-refractivity contribution in [2.45, 2.75) is 5.33 Å². The number of amides is 1. The van der Waals surface area contributed by atoms with Gasteiger partial charge in [-0.2, -0.15) is 0 Å². The van der Waals surface area contributed by atoms with Crippen molar-refractivity contribution in [1.82, 2.24) is 0 Å². The smallest absolute Gasteiger partial charge is 0.255 e. The molecule has 0 aliphatic heterocycles. The fourth-order valence-corrected chi connectivity index (χ4v) is 2.09. The highest BCUT2D eigenvalue weighted by Crippen LogP contribution is 2.19. The van der Waals surface area contributed by atoms with E-state index in [-0.39, 0.29) is 17.2 Å². The van der Waals surface area contributed by atoms with Crippen molar-refractivity contribution >= 4 is 27.5 Å². The Kier molecular flexibility index (Phi) is 4.74. The third-order valence-electron chi connectivity index (χ3n) is 2.75. The highest BCUT2D eigenvalue weighted by atomic mass is 79.9. The van der Waals surface area contributed by atoms with E-state index in [4.69, 9.17) is 4.74 Å². The highest BCUT2D eigenvalue weighted by molar-refractivity contribution is 9.08. The summed E-state index contributed by atoms with van der Waals surface area (Å²) in [5.41, 5.74) is 1.96. The second-order valence-corrected chi connectivity index (χ2v) is 4.70. The maximum Gasteiger partial charge on any atom is 0.255 e. The summed E-state index contributed by atoms with van der Waals surface area (Å²) in [6.07, 6.45) is 0. The molecule has 0 aliphatic rings. The number of rotatable bonds is 4. The van der Waals surface area contributed by atoms with E-state index < -0.39 is 5.82 Å². The zero-order chi connectivity index (χ0) is 14.5. The van der Waals surface area contributed by atoms with Gasteiger partial charge in [-0.15, -0.1) is 0 Å². The molecular formula is C15H13BrFNO2. The molecule has 0 radical (unpaired) electrons. The lowest BCUT2D eigenvalue weighted by atomic mass is 10.1. The molecule has 0 heterocycles. The van der Waals surface area contributed by atoms with Crippen molar-refractivity contribution in [3.05, 3.63) is 59.4 Å². The standard InChI is InChI=1S/C15H13BrFNO2/c1-20-14-6-5-11(8-13(14)17)15(19)18-12-4-2-3-10(7-12)9-16/h2-8H,9H2,1H3,(H,18,19). The number of halogens is 2. The summed E-state index contributed by atoms with van der Waals surface area (Å²) >= 11 is 3.35. The number of hydrogen-bond donors (Lipinski definition) is 1. The minimum Gasteiger partial charge on any atom is -0.494 e. The summed E-state index contributed by atoms with van der Waals surface area (Å²) in [6, 6.07) is 11.5. The van der Waals surface area contributed by atoms with Crippen LogP contribution in [0.5, 0.6) is 5.75 Å². The van der Waals surface area contributed by atoms with Crippen LogP contribution >= 0.6 is 15.9 Å². The molecule has 0 unspecified atom stereocenters. The van der Waals surface area contributed by atoms with Crippen molar-refractivity contribution in [2.24, 2.45) is 0 Å². The number of ether oxygens (including phenoxy) is 1. The van der Waals surface area contributed by atoms with Crippen molar-refractivity contribution in [1.29, 1.82) is 0 Å². The van der Waals surface area contributed by atoms with E-state index in [0.29, 0.717) is 11.0 Å². The maximum absolute atomic E-state index is 13.6. The molecule has 5 heteroatoms. The minimum absolute atomic E-state index is 0.114. The topological polar surface area (TPSA) is 38.3 Å². The third-order valence-corrected chi connectivity index (χ3v) is 3.40. The highest BCUT2D eigenvalue weighted by Gasteiger charge is 2.10.